The average Bonchev–Trinajstić information content (AvgIpc) is 3.23. The van der Waals surface area contributed by atoms with Crippen LogP contribution >= 0.6 is 15.9 Å². The Labute approximate surface area is 184 Å². The summed E-state index contributed by atoms with van der Waals surface area (Å²) < 4.78 is 21.1. The summed E-state index contributed by atoms with van der Waals surface area (Å²) in [5, 5.41) is 6.55. The maximum atomic E-state index is 13.7. The Morgan fingerprint density at radius 3 is 2.61 bits per heavy atom. The Hall–Kier alpha value is -3.59. The maximum Gasteiger partial charge on any atom is 0.259 e. The summed E-state index contributed by atoms with van der Waals surface area (Å²) in [5.41, 5.74) is 1.68. The van der Waals surface area contributed by atoms with Gasteiger partial charge in [0.15, 0.2) is 0 Å². The molecule has 0 radical (unpaired) electrons. The highest BCUT2D eigenvalue weighted by Gasteiger charge is 2.13. The van der Waals surface area contributed by atoms with E-state index in [1.807, 2.05) is 24.3 Å². The van der Waals surface area contributed by atoms with Crippen LogP contribution in [0.1, 0.15) is 5.56 Å². The number of pyridine rings is 1. The maximum absolute atomic E-state index is 13.7. The van der Waals surface area contributed by atoms with Crippen molar-refractivity contribution >= 4 is 27.5 Å². The number of nitrogens with zero attached hydrogens (tertiary/aromatic N) is 3. The Kier molecular flexibility index (Phi) is 5.77. The molecule has 2 aromatic carbocycles. The Morgan fingerprint density at radius 1 is 1.13 bits per heavy atom. The van der Waals surface area contributed by atoms with E-state index < -0.39 is 11.7 Å². The van der Waals surface area contributed by atoms with Gasteiger partial charge in [0.25, 0.3) is 11.4 Å². The number of halogens is 2. The first-order chi connectivity index (χ1) is 14.9. The van der Waals surface area contributed by atoms with Crippen molar-refractivity contribution in [1.29, 1.82) is 0 Å². The van der Waals surface area contributed by atoms with Crippen LogP contribution in [0.3, 0.4) is 0 Å². The molecule has 7 nitrogen and oxygen atoms in total. The van der Waals surface area contributed by atoms with Gasteiger partial charge in [0, 0.05) is 28.0 Å². The van der Waals surface area contributed by atoms with Gasteiger partial charge >= 0.3 is 0 Å². The third kappa shape index (κ3) is 4.77. The van der Waals surface area contributed by atoms with Crippen LogP contribution in [0.15, 0.2) is 74.6 Å². The van der Waals surface area contributed by atoms with Gasteiger partial charge in [0.2, 0.25) is 11.7 Å². The number of nitrogens with one attached hydrogen (secondary N) is 1. The van der Waals surface area contributed by atoms with Crippen molar-refractivity contribution in [2.24, 2.45) is 0 Å². The van der Waals surface area contributed by atoms with Gasteiger partial charge in [-0.25, -0.2) is 4.39 Å². The quantitative estimate of drug-likeness (QED) is 0.454. The van der Waals surface area contributed by atoms with E-state index in [1.165, 1.54) is 22.9 Å². The van der Waals surface area contributed by atoms with Gasteiger partial charge in [-0.2, -0.15) is 4.98 Å². The molecule has 1 amide bonds. The van der Waals surface area contributed by atoms with Gasteiger partial charge < -0.3 is 14.4 Å². The van der Waals surface area contributed by atoms with Crippen molar-refractivity contribution in [2.45, 2.75) is 13.5 Å². The molecule has 0 aliphatic heterocycles. The van der Waals surface area contributed by atoms with Gasteiger partial charge in [-0.1, -0.05) is 27.2 Å². The first kappa shape index (κ1) is 20.7. The molecule has 0 spiro atoms. The molecule has 4 rings (SSSR count). The number of carbonyl (C=O) groups is 1. The number of hydrogen-bond acceptors (Lipinski definition) is 5. The second-order valence-corrected chi connectivity index (χ2v) is 7.74. The molecule has 0 aliphatic rings. The summed E-state index contributed by atoms with van der Waals surface area (Å²) in [4.78, 5) is 28.9. The molecule has 2 heterocycles. The third-order valence-corrected chi connectivity index (χ3v) is 5.06. The minimum atomic E-state index is -0.469. The van der Waals surface area contributed by atoms with Gasteiger partial charge in [-0.05, 0) is 55.0 Å². The second kappa shape index (κ2) is 8.65. The molecule has 0 saturated carbocycles. The van der Waals surface area contributed by atoms with E-state index in [9.17, 15) is 14.0 Å². The summed E-state index contributed by atoms with van der Waals surface area (Å²) >= 11 is 3.37. The lowest BCUT2D eigenvalue weighted by molar-refractivity contribution is -0.116. The SMILES string of the molecule is Cc1ccc(NC(=O)Cn2cc(-c3nc(-c4ccc(Br)cc4)no3)ccc2=O)cc1F. The zero-order valence-corrected chi connectivity index (χ0v) is 17.9. The fourth-order valence-electron chi connectivity index (χ4n) is 2.86. The number of amides is 1. The normalized spacial score (nSPS) is 10.8. The number of benzene rings is 2. The van der Waals surface area contributed by atoms with E-state index in [-0.39, 0.29) is 18.0 Å². The average molecular weight is 483 g/mol. The smallest absolute Gasteiger partial charge is 0.259 e. The Balaban J connectivity index is 1.53. The van der Waals surface area contributed by atoms with Gasteiger partial charge in [0.05, 0.1) is 5.56 Å². The predicted molar refractivity (Wildman–Crippen MR) is 117 cm³/mol. The Morgan fingerprint density at radius 2 is 1.87 bits per heavy atom. The molecule has 1 N–H and O–H groups in total. The van der Waals surface area contributed by atoms with Gasteiger partial charge in [-0.15, -0.1) is 0 Å². The first-order valence-corrected chi connectivity index (χ1v) is 10.0. The highest BCUT2D eigenvalue weighted by Crippen LogP contribution is 2.23. The van der Waals surface area contributed by atoms with Crippen molar-refractivity contribution < 1.29 is 13.7 Å². The summed E-state index contributed by atoms with van der Waals surface area (Å²) in [6, 6.07) is 14.7. The molecule has 0 saturated heterocycles. The molecule has 0 aliphatic carbocycles. The van der Waals surface area contributed by atoms with Crippen LogP contribution in [0.2, 0.25) is 0 Å². The number of rotatable bonds is 5. The number of aryl methyl sites for hydroxylation is 1. The minimum Gasteiger partial charge on any atom is -0.334 e. The van der Waals surface area contributed by atoms with Crippen LogP contribution in [-0.2, 0) is 11.3 Å². The molecule has 0 fully saturated rings. The Bertz CT molecular complexity index is 1320. The molecule has 31 heavy (non-hydrogen) atoms. The van der Waals surface area contributed by atoms with Crippen LogP contribution in [0.25, 0.3) is 22.8 Å². The third-order valence-electron chi connectivity index (χ3n) is 4.53. The number of carbonyl (C=O) groups excluding carboxylic acids is 1. The zero-order chi connectivity index (χ0) is 22.0. The predicted octanol–water partition coefficient (Wildman–Crippen LogP) is 4.41. The van der Waals surface area contributed by atoms with E-state index in [1.54, 1.807) is 25.1 Å². The van der Waals surface area contributed by atoms with Crippen LogP contribution in [0, 0.1) is 12.7 Å². The zero-order valence-electron chi connectivity index (χ0n) is 16.3. The molecule has 0 bridgehead atoms. The van der Waals surface area contributed by atoms with E-state index in [0.717, 1.165) is 10.0 Å². The lowest BCUT2D eigenvalue weighted by Gasteiger charge is -2.09. The number of hydrogen-bond donors (Lipinski definition) is 1. The number of anilines is 1. The van der Waals surface area contributed by atoms with Crippen molar-refractivity contribution in [1.82, 2.24) is 14.7 Å². The van der Waals surface area contributed by atoms with Gasteiger partial charge in [-0.3, -0.25) is 9.59 Å². The fourth-order valence-corrected chi connectivity index (χ4v) is 3.13. The molecular formula is C22H16BrFN4O3. The van der Waals surface area contributed by atoms with Crippen LogP contribution in [0.4, 0.5) is 10.1 Å². The molecular weight excluding hydrogens is 467 g/mol. The lowest BCUT2D eigenvalue weighted by Crippen LogP contribution is -2.26. The summed E-state index contributed by atoms with van der Waals surface area (Å²) in [5.74, 6) is -0.273. The van der Waals surface area contributed by atoms with Crippen LogP contribution in [0.5, 0.6) is 0 Å². The topological polar surface area (TPSA) is 90.0 Å². The van der Waals surface area contributed by atoms with Crippen molar-refractivity contribution in [2.75, 3.05) is 5.32 Å². The van der Waals surface area contributed by atoms with E-state index in [4.69, 9.17) is 4.52 Å². The minimum absolute atomic E-state index is 0.215. The van der Waals surface area contributed by atoms with E-state index in [0.29, 0.717) is 22.6 Å². The molecule has 156 valence electrons. The molecule has 4 aromatic rings. The standard InChI is InChI=1S/C22H16BrFN4O3/c1-13-2-8-17(10-18(13)24)25-19(29)12-28-11-15(5-9-20(28)30)22-26-21(27-31-22)14-3-6-16(23)7-4-14/h2-11H,12H2,1H3,(H,25,29). The van der Waals surface area contributed by atoms with E-state index in [2.05, 4.69) is 31.4 Å². The molecule has 0 unspecified atom stereocenters. The summed E-state index contributed by atoms with van der Waals surface area (Å²) in [6.45, 7) is 1.38. The molecule has 9 heteroatoms. The molecule has 2 aromatic heterocycles. The first-order valence-electron chi connectivity index (χ1n) is 9.25. The van der Waals surface area contributed by atoms with E-state index >= 15 is 0 Å². The largest absolute Gasteiger partial charge is 0.334 e. The van der Waals surface area contributed by atoms with Crippen LogP contribution < -0.4 is 10.9 Å². The van der Waals surface area contributed by atoms with Crippen molar-refractivity contribution in [3.63, 3.8) is 0 Å². The van der Waals surface area contributed by atoms with Gasteiger partial charge in [0.1, 0.15) is 12.4 Å². The van der Waals surface area contributed by atoms with Crippen molar-refractivity contribution in [3.8, 4) is 22.8 Å². The van der Waals surface area contributed by atoms with Crippen LogP contribution in [-0.4, -0.2) is 20.6 Å². The second-order valence-electron chi connectivity index (χ2n) is 6.83. The monoisotopic (exact) mass is 482 g/mol. The summed E-state index contributed by atoms with van der Waals surface area (Å²) in [7, 11) is 0. The highest BCUT2D eigenvalue weighted by molar-refractivity contribution is 9.10. The fraction of sp³-hybridized carbons (Fsp3) is 0.0909. The highest BCUT2D eigenvalue weighted by atomic mass is 79.9. The van der Waals surface area contributed by atoms with Crippen molar-refractivity contribution in [3.05, 3.63) is 87.0 Å². The summed E-state index contributed by atoms with van der Waals surface area (Å²) in [6.07, 6.45) is 1.47. The lowest BCUT2D eigenvalue weighted by atomic mass is 10.2. The molecule has 0 atom stereocenters. The number of aromatic nitrogens is 3.